The molecule has 0 saturated heterocycles. The number of aromatic nitrogens is 2. The van der Waals surface area contributed by atoms with Gasteiger partial charge in [-0.05, 0) is 36.2 Å². The van der Waals surface area contributed by atoms with Crippen LogP contribution < -0.4 is 5.32 Å². The number of pyridine rings is 2. The molecule has 0 fully saturated rings. The molecular weight excluding hydrogens is 334 g/mol. The van der Waals surface area contributed by atoms with Crippen molar-refractivity contribution in [2.24, 2.45) is 0 Å². The fourth-order valence-electron chi connectivity index (χ4n) is 3.09. The number of hydrogen-bond donors (Lipinski definition) is 1. The second-order valence-electron chi connectivity index (χ2n) is 6.31. The zero-order valence-corrected chi connectivity index (χ0v) is 14.8. The number of nitrogens with one attached hydrogen (secondary N) is 1. The fraction of sp³-hybridized carbons (Fsp3) is 0.0870. The number of amides is 1. The molecule has 4 nitrogen and oxygen atoms in total. The van der Waals surface area contributed by atoms with E-state index in [0.29, 0.717) is 12.1 Å². The first-order chi connectivity index (χ1) is 13.3. The number of carbonyl (C=O) groups excluding carboxylic acids is 1. The van der Waals surface area contributed by atoms with Crippen LogP contribution in [-0.2, 0) is 6.42 Å². The smallest absolute Gasteiger partial charge is 0.252 e. The van der Waals surface area contributed by atoms with E-state index in [2.05, 4.69) is 22.4 Å². The molecule has 0 spiro atoms. The minimum Gasteiger partial charge on any atom is -0.352 e. The molecule has 2 aromatic carbocycles. The lowest BCUT2D eigenvalue weighted by Crippen LogP contribution is -2.26. The Hall–Kier alpha value is -3.53. The lowest BCUT2D eigenvalue weighted by atomic mass is 10.0. The van der Waals surface area contributed by atoms with E-state index in [1.165, 1.54) is 5.56 Å². The van der Waals surface area contributed by atoms with Crippen molar-refractivity contribution in [2.75, 3.05) is 6.54 Å². The Morgan fingerprint density at radius 3 is 2.56 bits per heavy atom. The van der Waals surface area contributed by atoms with Gasteiger partial charge < -0.3 is 5.32 Å². The first-order valence-corrected chi connectivity index (χ1v) is 8.93. The van der Waals surface area contributed by atoms with Crippen LogP contribution in [0.1, 0.15) is 15.9 Å². The molecule has 132 valence electrons. The highest BCUT2D eigenvalue weighted by atomic mass is 16.1. The molecule has 0 saturated carbocycles. The van der Waals surface area contributed by atoms with Gasteiger partial charge in [0.05, 0.1) is 16.8 Å². The van der Waals surface area contributed by atoms with Crippen molar-refractivity contribution in [2.45, 2.75) is 6.42 Å². The van der Waals surface area contributed by atoms with Gasteiger partial charge in [0.2, 0.25) is 0 Å². The summed E-state index contributed by atoms with van der Waals surface area (Å²) in [6.45, 7) is 0.585. The summed E-state index contributed by atoms with van der Waals surface area (Å²) in [6, 6.07) is 23.5. The van der Waals surface area contributed by atoms with Crippen LogP contribution in [0.5, 0.6) is 0 Å². The van der Waals surface area contributed by atoms with Crippen molar-refractivity contribution < 1.29 is 4.79 Å². The quantitative estimate of drug-likeness (QED) is 0.583. The molecule has 1 amide bonds. The third-order valence-electron chi connectivity index (χ3n) is 4.46. The summed E-state index contributed by atoms with van der Waals surface area (Å²) in [4.78, 5) is 21.7. The predicted octanol–water partition coefficient (Wildman–Crippen LogP) is 4.27. The van der Waals surface area contributed by atoms with Crippen LogP contribution in [0.15, 0.2) is 85.2 Å². The molecule has 0 aliphatic rings. The minimum absolute atomic E-state index is 0.0883. The van der Waals surface area contributed by atoms with E-state index in [4.69, 9.17) is 4.98 Å². The van der Waals surface area contributed by atoms with E-state index < -0.39 is 0 Å². The Kier molecular flexibility index (Phi) is 4.88. The average molecular weight is 353 g/mol. The van der Waals surface area contributed by atoms with Gasteiger partial charge in [-0.3, -0.25) is 9.78 Å². The molecule has 0 aliphatic carbocycles. The second-order valence-corrected chi connectivity index (χ2v) is 6.31. The molecule has 4 rings (SSSR count). The SMILES string of the molecule is O=C(NCCc1ccccc1)c1cc(-c2cccnc2)nc2ccccc12. The van der Waals surface area contributed by atoms with Crippen molar-refractivity contribution in [1.29, 1.82) is 0 Å². The first-order valence-electron chi connectivity index (χ1n) is 8.93. The summed E-state index contributed by atoms with van der Waals surface area (Å²) in [7, 11) is 0. The van der Waals surface area contributed by atoms with Crippen LogP contribution in [0.3, 0.4) is 0 Å². The number of fused-ring (bicyclic) bond motifs is 1. The van der Waals surface area contributed by atoms with Crippen LogP contribution in [0, 0.1) is 0 Å². The van der Waals surface area contributed by atoms with Gasteiger partial charge >= 0.3 is 0 Å². The van der Waals surface area contributed by atoms with Gasteiger partial charge in [-0.15, -0.1) is 0 Å². The number of benzene rings is 2. The lowest BCUT2D eigenvalue weighted by Gasteiger charge is -2.10. The van der Waals surface area contributed by atoms with Crippen molar-refractivity contribution in [3.63, 3.8) is 0 Å². The topological polar surface area (TPSA) is 54.9 Å². The molecule has 1 N–H and O–H groups in total. The van der Waals surface area contributed by atoms with Gasteiger partial charge in [-0.25, -0.2) is 4.98 Å². The number of para-hydroxylation sites is 1. The highest BCUT2D eigenvalue weighted by Gasteiger charge is 2.13. The summed E-state index contributed by atoms with van der Waals surface area (Å²) in [6.07, 6.45) is 4.28. The Morgan fingerprint density at radius 1 is 0.926 bits per heavy atom. The average Bonchev–Trinajstić information content (AvgIpc) is 2.74. The standard InChI is InChI=1S/C23H19N3O/c27-23(25-14-12-17-7-2-1-3-8-17)20-15-22(18-9-6-13-24-16-18)26-21-11-5-4-10-19(20)21/h1-11,13,15-16H,12,14H2,(H,25,27). The van der Waals surface area contributed by atoms with E-state index in [-0.39, 0.29) is 5.91 Å². The molecule has 2 heterocycles. The molecular formula is C23H19N3O. The van der Waals surface area contributed by atoms with Gasteiger partial charge in [0.25, 0.3) is 5.91 Å². The summed E-state index contributed by atoms with van der Waals surface area (Å²) in [5.41, 5.74) is 4.27. The highest BCUT2D eigenvalue weighted by Crippen LogP contribution is 2.24. The zero-order chi connectivity index (χ0) is 18.5. The maximum absolute atomic E-state index is 12.9. The molecule has 0 bridgehead atoms. The third-order valence-corrected chi connectivity index (χ3v) is 4.46. The van der Waals surface area contributed by atoms with E-state index in [1.54, 1.807) is 12.4 Å². The van der Waals surface area contributed by atoms with Crippen LogP contribution in [0.4, 0.5) is 0 Å². The van der Waals surface area contributed by atoms with Gasteiger partial charge in [0.1, 0.15) is 0 Å². The van der Waals surface area contributed by atoms with Gasteiger partial charge in [0.15, 0.2) is 0 Å². The van der Waals surface area contributed by atoms with E-state index >= 15 is 0 Å². The maximum Gasteiger partial charge on any atom is 0.252 e. The number of rotatable bonds is 5. The van der Waals surface area contributed by atoms with Crippen molar-refractivity contribution in [3.05, 3.63) is 96.3 Å². The molecule has 2 aromatic heterocycles. The molecule has 0 radical (unpaired) electrons. The van der Waals surface area contributed by atoms with Gasteiger partial charge in [-0.1, -0.05) is 48.5 Å². The second kappa shape index (κ2) is 7.79. The predicted molar refractivity (Wildman–Crippen MR) is 107 cm³/mol. The zero-order valence-electron chi connectivity index (χ0n) is 14.8. The first kappa shape index (κ1) is 16.9. The fourth-order valence-corrected chi connectivity index (χ4v) is 3.09. The van der Waals surface area contributed by atoms with Crippen LogP contribution in [0.25, 0.3) is 22.2 Å². The van der Waals surface area contributed by atoms with Gasteiger partial charge in [0, 0.05) is 29.9 Å². The van der Waals surface area contributed by atoms with E-state index in [9.17, 15) is 4.79 Å². The number of carbonyl (C=O) groups is 1. The number of hydrogen-bond acceptors (Lipinski definition) is 3. The highest BCUT2D eigenvalue weighted by molar-refractivity contribution is 6.07. The van der Waals surface area contributed by atoms with Crippen molar-refractivity contribution in [1.82, 2.24) is 15.3 Å². The monoisotopic (exact) mass is 353 g/mol. The Bertz CT molecular complexity index is 1060. The molecule has 0 unspecified atom stereocenters. The summed E-state index contributed by atoms with van der Waals surface area (Å²) in [5.74, 6) is -0.0883. The summed E-state index contributed by atoms with van der Waals surface area (Å²) < 4.78 is 0. The third kappa shape index (κ3) is 3.85. The van der Waals surface area contributed by atoms with Gasteiger partial charge in [-0.2, -0.15) is 0 Å². The number of nitrogens with zero attached hydrogens (tertiary/aromatic N) is 2. The van der Waals surface area contributed by atoms with Crippen LogP contribution >= 0.6 is 0 Å². The van der Waals surface area contributed by atoms with Crippen LogP contribution in [-0.4, -0.2) is 22.4 Å². The van der Waals surface area contributed by atoms with Crippen molar-refractivity contribution in [3.8, 4) is 11.3 Å². The Balaban J connectivity index is 1.62. The van der Waals surface area contributed by atoms with E-state index in [0.717, 1.165) is 28.6 Å². The maximum atomic E-state index is 12.9. The molecule has 4 heteroatoms. The largest absolute Gasteiger partial charge is 0.352 e. The lowest BCUT2D eigenvalue weighted by molar-refractivity contribution is 0.0956. The summed E-state index contributed by atoms with van der Waals surface area (Å²) in [5, 5.41) is 3.89. The van der Waals surface area contributed by atoms with E-state index in [1.807, 2.05) is 60.7 Å². The molecule has 4 aromatic rings. The molecule has 0 aliphatic heterocycles. The normalized spacial score (nSPS) is 10.7. The van der Waals surface area contributed by atoms with Crippen molar-refractivity contribution >= 4 is 16.8 Å². The Morgan fingerprint density at radius 2 is 1.74 bits per heavy atom. The summed E-state index contributed by atoms with van der Waals surface area (Å²) >= 11 is 0. The molecule has 27 heavy (non-hydrogen) atoms. The van der Waals surface area contributed by atoms with Crippen LogP contribution in [0.2, 0.25) is 0 Å². The minimum atomic E-state index is -0.0883. The Labute approximate surface area is 157 Å². The molecule has 0 atom stereocenters.